The fraction of sp³-hybridized carbons (Fsp3) is 0.0625. The van der Waals surface area contributed by atoms with Crippen LogP contribution in [-0.4, -0.2) is 25.7 Å². The van der Waals surface area contributed by atoms with E-state index in [0.717, 1.165) is 0 Å². The van der Waals surface area contributed by atoms with Crippen LogP contribution in [0.1, 0.15) is 0 Å². The molecular weight excluding hydrogens is 342 g/mol. The smallest absolute Gasteiger partial charge is 0.261 e. The summed E-state index contributed by atoms with van der Waals surface area (Å²) in [6.07, 6.45) is 2.90. The Morgan fingerprint density at radius 2 is 2.08 bits per heavy atom. The molecule has 0 unspecified atom stereocenters. The van der Waals surface area contributed by atoms with Gasteiger partial charge in [-0.1, -0.05) is 23.5 Å². The number of aromatic nitrogens is 4. The van der Waals surface area contributed by atoms with Crippen molar-refractivity contribution in [3.63, 3.8) is 0 Å². The molecule has 3 heterocycles. The van der Waals surface area contributed by atoms with Crippen LogP contribution in [0.3, 0.4) is 0 Å². The van der Waals surface area contributed by atoms with Crippen LogP contribution in [0, 0.1) is 0 Å². The van der Waals surface area contributed by atoms with E-state index >= 15 is 0 Å². The van der Waals surface area contributed by atoms with Crippen molar-refractivity contribution in [1.29, 1.82) is 0 Å². The van der Waals surface area contributed by atoms with E-state index in [-0.39, 0.29) is 18.0 Å². The topological polar surface area (TPSA) is 103 Å². The number of furan rings is 1. The average Bonchev–Trinajstić information content (AvgIpc) is 3.29. The van der Waals surface area contributed by atoms with Gasteiger partial charge in [0, 0.05) is 0 Å². The number of fused-ring (bicyclic) bond motifs is 1. The number of nitrogens with one attached hydrogen (secondary N) is 1. The highest BCUT2D eigenvalue weighted by Gasteiger charge is 2.13. The van der Waals surface area contributed by atoms with Crippen molar-refractivity contribution >= 4 is 33.3 Å². The third-order valence-electron chi connectivity index (χ3n) is 3.45. The van der Waals surface area contributed by atoms with E-state index < -0.39 is 0 Å². The average molecular weight is 353 g/mol. The quantitative estimate of drug-likeness (QED) is 0.603. The van der Waals surface area contributed by atoms with Gasteiger partial charge in [0.15, 0.2) is 10.8 Å². The molecule has 0 spiro atoms. The monoisotopic (exact) mass is 353 g/mol. The molecule has 4 rings (SSSR count). The van der Waals surface area contributed by atoms with Gasteiger partial charge >= 0.3 is 0 Å². The summed E-state index contributed by atoms with van der Waals surface area (Å²) < 4.78 is 6.49. The summed E-state index contributed by atoms with van der Waals surface area (Å²) in [6.45, 7) is -0.160. The van der Waals surface area contributed by atoms with Crippen LogP contribution in [0.5, 0.6) is 0 Å². The van der Waals surface area contributed by atoms with E-state index in [9.17, 15) is 9.59 Å². The first-order valence-electron chi connectivity index (χ1n) is 7.32. The van der Waals surface area contributed by atoms with E-state index in [1.54, 1.807) is 36.4 Å². The maximum atomic E-state index is 12.4. The minimum atomic E-state index is -0.388. The van der Waals surface area contributed by atoms with Crippen LogP contribution < -0.4 is 10.9 Å². The van der Waals surface area contributed by atoms with Crippen molar-refractivity contribution in [1.82, 2.24) is 19.7 Å². The lowest BCUT2D eigenvalue weighted by Gasteiger charge is -2.05. The number of rotatable bonds is 4. The molecule has 25 heavy (non-hydrogen) atoms. The Bertz CT molecular complexity index is 1100. The van der Waals surface area contributed by atoms with E-state index in [0.29, 0.717) is 26.8 Å². The molecule has 3 aromatic heterocycles. The van der Waals surface area contributed by atoms with Gasteiger partial charge < -0.3 is 4.42 Å². The van der Waals surface area contributed by atoms with Crippen molar-refractivity contribution in [2.24, 2.45) is 0 Å². The molecule has 0 saturated carbocycles. The fourth-order valence-corrected chi connectivity index (χ4v) is 3.03. The molecule has 0 aliphatic heterocycles. The number of carbonyl (C=O) groups excluding carboxylic acids is 1. The first-order valence-corrected chi connectivity index (χ1v) is 8.14. The van der Waals surface area contributed by atoms with Gasteiger partial charge in [0.25, 0.3) is 5.56 Å². The molecule has 8 nitrogen and oxygen atoms in total. The number of carbonyl (C=O) groups is 1. The summed E-state index contributed by atoms with van der Waals surface area (Å²) in [5.41, 5.74) is 0.325. The molecule has 0 aliphatic carbocycles. The highest BCUT2D eigenvalue weighted by atomic mass is 32.1. The molecule has 124 valence electrons. The standard InChI is InChI=1S/C16H11N5O3S/c22-13(18-16-20-19-14(25-16)12-6-3-7-24-12)8-21-9-17-11-5-2-1-4-10(11)15(21)23/h1-7,9H,8H2,(H,18,20,22). The fourth-order valence-electron chi connectivity index (χ4n) is 2.31. The summed E-state index contributed by atoms with van der Waals surface area (Å²) in [5, 5.41) is 11.8. The van der Waals surface area contributed by atoms with E-state index in [4.69, 9.17) is 4.42 Å². The molecule has 0 bridgehead atoms. The van der Waals surface area contributed by atoms with E-state index in [2.05, 4.69) is 20.5 Å². The van der Waals surface area contributed by atoms with E-state index in [1.807, 2.05) is 0 Å². The zero-order valence-corrected chi connectivity index (χ0v) is 13.6. The normalized spacial score (nSPS) is 10.9. The van der Waals surface area contributed by atoms with Crippen LogP contribution in [-0.2, 0) is 11.3 Å². The third-order valence-corrected chi connectivity index (χ3v) is 4.30. The lowest BCUT2D eigenvalue weighted by molar-refractivity contribution is -0.116. The van der Waals surface area contributed by atoms with Gasteiger partial charge in [-0.2, -0.15) is 0 Å². The molecule has 0 atom stereocenters. The Labute approximate surface area is 144 Å². The second-order valence-corrected chi connectivity index (χ2v) is 6.11. The lowest BCUT2D eigenvalue weighted by atomic mass is 10.2. The summed E-state index contributed by atoms with van der Waals surface area (Å²) in [7, 11) is 0. The number of para-hydroxylation sites is 1. The van der Waals surface area contributed by atoms with Crippen molar-refractivity contribution in [3.8, 4) is 10.8 Å². The number of nitrogens with zero attached hydrogens (tertiary/aromatic N) is 4. The zero-order chi connectivity index (χ0) is 17.2. The Hall–Kier alpha value is -3.33. The maximum absolute atomic E-state index is 12.4. The molecule has 4 aromatic rings. The molecule has 1 aromatic carbocycles. The maximum Gasteiger partial charge on any atom is 0.261 e. The largest absolute Gasteiger partial charge is 0.462 e. The second kappa shape index (κ2) is 6.29. The molecule has 9 heteroatoms. The summed E-state index contributed by atoms with van der Waals surface area (Å²) in [6, 6.07) is 10.5. The number of anilines is 1. The van der Waals surface area contributed by atoms with Crippen molar-refractivity contribution in [2.75, 3.05) is 5.32 Å². The van der Waals surface area contributed by atoms with Crippen LogP contribution >= 0.6 is 11.3 Å². The second-order valence-electron chi connectivity index (χ2n) is 5.13. The van der Waals surface area contributed by atoms with Crippen molar-refractivity contribution in [3.05, 3.63) is 59.3 Å². The molecule has 0 fully saturated rings. The Kier molecular flexibility index (Phi) is 3.82. The first-order chi connectivity index (χ1) is 12.2. The molecule has 1 amide bonds. The minimum absolute atomic E-state index is 0.160. The molecule has 1 N–H and O–H groups in total. The molecular formula is C16H11N5O3S. The Balaban J connectivity index is 1.51. The summed E-state index contributed by atoms with van der Waals surface area (Å²) >= 11 is 1.19. The number of benzene rings is 1. The minimum Gasteiger partial charge on any atom is -0.462 e. The lowest BCUT2D eigenvalue weighted by Crippen LogP contribution is -2.27. The van der Waals surface area contributed by atoms with Gasteiger partial charge in [-0.25, -0.2) is 4.98 Å². The van der Waals surface area contributed by atoms with E-state index in [1.165, 1.54) is 28.5 Å². The van der Waals surface area contributed by atoms with Gasteiger partial charge in [0.05, 0.1) is 23.5 Å². The summed E-state index contributed by atoms with van der Waals surface area (Å²) in [5.74, 6) is 0.189. The van der Waals surface area contributed by atoms with Crippen LogP contribution in [0.25, 0.3) is 21.7 Å². The highest BCUT2D eigenvalue weighted by molar-refractivity contribution is 7.18. The molecule has 0 aliphatic rings. The Morgan fingerprint density at radius 1 is 1.20 bits per heavy atom. The van der Waals surface area contributed by atoms with Gasteiger partial charge in [-0.05, 0) is 24.3 Å². The Morgan fingerprint density at radius 3 is 2.92 bits per heavy atom. The third kappa shape index (κ3) is 3.04. The van der Waals surface area contributed by atoms with Gasteiger partial charge in [0.1, 0.15) is 6.54 Å². The number of hydrogen-bond acceptors (Lipinski definition) is 7. The van der Waals surface area contributed by atoms with Crippen molar-refractivity contribution in [2.45, 2.75) is 6.54 Å². The first kappa shape index (κ1) is 15.2. The zero-order valence-electron chi connectivity index (χ0n) is 12.7. The predicted octanol–water partition coefficient (Wildman–Crippen LogP) is 2.15. The molecule has 0 saturated heterocycles. The SMILES string of the molecule is O=C(Cn1cnc2ccccc2c1=O)Nc1nnc(-c2ccco2)s1. The van der Waals surface area contributed by atoms with Crippen LogP contribution in [0.4, 0.5) is 5.13 Å². The predicted molar refractivity (Wildman–Crippen MR) is 92.2 cm³/mol. The molecule has 0 radical (unpaired) electrons. The van der Waals surface area contributed by atoms with Crippen LogP contribution in [0.15, 0.2) is 58.2 Å². The highest BCUT2D eigenvalue weighted by Crippen LogP contribution is 2.26. The van der Waals surface area contributed by atoms with Gasteiger partial charge in [-0.3, -0.25) is 19.5 Å². The summed E-state index contributed by atoms with van der Waals surface area (Å²) in [4.78, 5) is 28.7. The number of amides is 1. The van der Waals surface area contributed by atoms with Crippen LogP contribution in [0.2, 0.25) is 0 Å². The van der Waals surface area contributed by atoms with Crippen molar-refractivity contribution < 1.29 is 9.21 Å². The van der Waals surface area contributed by atoms with Gasteiger partial charge in [0.2, 0.25) is 11.0 Å². The number of hydrogen-bond donors (Lipinski definition) is 1. The van der Waals surface area contributed by atoms with Gasteiger partial charge in [-0.15, -0.1) is 10.2 Å².